The van der Waals surface area contributed by atoms with Crippen LogP contribution in [0.3, 0.4) is 0 Å². The number of fused-ring (bicyclic) bond motifs is 1. The molecule has 0 fully saturated rings. The van der Waals surface area contributed by atoms with E-state index in [2.05, 4.69) is 4.98 Å². The summed E-state index contributed by atoms with van der Waals surface area (Å²) in [7, 11) is 1.76. The number of nitrogens with one attached hydrogen (secondary N) is 1. The average molecular weight is 310 g/mol. The summed E-state index contributed by atoms with van der Waals surface area (Å²) in [5.41, 5.74) is 5.08. The number of aliphatic carboxylic acids is 1. The van der Waals surface area contributed by atoms with Crippen molar-refractivity contribution in [3.05, 3.63) is 52.8 Å². The van der Waals surface area contributed by atoms with Gasteiger partial charge in [0, 0.05) is 30.4 Å². The molecule has 0 saturated carbocycles. The number of carboxylic acid groups (broad SMARTS) is 1. The normalized spacial score (nSPS) is 15.3. The minimum Gasteiger partial charge on any atom is -0.481 e. The van der Waals surface area contributed by atoms with Crippen molar-refractivity contribution in [2.45, 2.75) is 19.8 Å². The Balaban J connectivity index is 2.02. The fourth-order valence-corrected chi connectivity index (χ4v) is 2.93. The smallest absolute Gasteiger partial charge is 0.303 e. The standard InChI is InChI=1S/C18H18N2O3/c1-11-9-12(7-8-17(21)22)15(19-11)10-14-13-5-3-4-6-16(13)20(2)18(14)23/h3-6,9-10,19H,7-8H2,1-2H3,(H,21,22)/b14-10-. The lowest BCUT2D eigenvalue weighted by atomic mass is 10.0. The molecule has 0 spiro atoms. The molecule has 0 bridgehead atoms. The van der Waals surface area contributed by atoms with Gasteiger partial charge in [-0.25, -0.2) is 0 Å². The molecule has 1 aromatic carbocycles. The van der Waals surface area contributed by atoms with Crippen LogP contribution in [0.5, 0.6) is 0 Å². The van der Waals surface area contributed by atoms with Crippen LogP contribution in [0.25, 0.3) is 11.6 Å². The zero-order chi connectivity index (χ0) is 16.6. The second kappa shape index (κ2) is 5.76. The summed E-state index contributed by atoms with van der Waals surface area (Å²) in [5, 5.41) is 8.88. The summed E-state index contributed by atoms with van der Waals surface area (Å²) in [6.45, 7) is 1.92. The molecule has 2 heterocycles. The highest BCUT2D eigenvalue weighted by atomic mass is 16.4. The molecule has 1 aromatic heterocycles. The Morgan fingerprint density at radius 1 is 1.35 bits per heavy atom. The Bertz CT molecular complexity index is 817. The van der Waals surface area contributed by atoms with Gasteiger partial charge in [0.25, 0.3) is 5.91 Å². The van der Waals surface area contributed by atoms with Crippen molar-refractivity contribution >= 4 is 29.2 Å². The van der Waals surface area contributed by atoms with Crippen molar-refractivity contribution in [3.8, 4) is 0 Å². The Labute approximate surface area is 134 Å². The van der Waals surface area contributed by atoms with Crippen molar-refractivity contribution in [1.29, 1.82) is 0 Å². The van der Waals surface area contributed by atoms with Crippen molar-refractivity contribution in [2.24, 2.45) is 0 Å². The summed E-state index contributed by atoms with van der Waals surface area (Å²) >= 11 is 0. The number of carbonyl (C=O) groups excluding carboxylic acids is 1. The second-order valence-corrected chi connectivity index (χ2v) is 5.72. The minimum absolute atomic E-state index is 0.0531. The van der Waals surface area contributed by atoms with Crippen molar-refractivity contribution < 1.29 is 14.7 Å². The number of aryl methyl sites for hydroxylation is 2. The predicted octanol–water partition coefficient (Wildman–Crippen LogP) is 2.86. The molecule has 0 radical (unpaired) electrons. The molecule has 1 amide bonds. The van der Waals surface area contributed by atoms with Crippen molar-refractivity contribution in [1.82, 2.24) is 4.98 Å². The van der Waals surface area contributed by atoms with Gasteiger partial charge in [0.2, 0.25) is 0 Å². The zero-order valence-corrected chi connectivity index (χ0v) is 13.1. The maximum atomic E-state index is 12.5. The van der Waals surface area contributed by atoms with Crippen LogP contribution in [0.2, 0.25) is 0 Å². The number of hydrogen-bond acceptors (Lipinski definition) is 2. The molecule has 5 heteroatoms. The van der Waals surface area contributed by atoms with Gasteiger partial charge in [-0.3, -0.25) is 9.59 Å². The van der Waals surface area contributed by atoms with E-state index in [0.717, 1.165) is 28.2 Å². The van der Waals surface area contributed by atoms with E-state index in [1.54, 1.807) is 11.9 Å². The number of amides is 1. The molecule has 0 saturated heterocycles. The largest absolute Gasteiger partial charge is 0.481 e. The molecule has 23 heavy (non-hydrogen) atoms. The molecular formula is C18H18N2O3. The van der Waals surface area contributed by atoms with E-state index in [1.807, 2.05) is 43.3 Å². The van der Waals surface area contributed by atoms with Gasteiger partial charge in [-0.05, 0) is 37.1 Å². The molecule has 3 rings (SSSR count). The van der Waals surface area contributed by atoms with E-state index in [9.17, 15) is 9.59 Å². The van der Waals surface area contributed by atoms with Crippen LogP contribution < -0.4 is 4.90 Å². The first-order chi connectivity index (χ1) is 11.0. The van der Waals surface area contributed by atoms with Crippen LogP contribution in [0.1, 0.15) is 28.9 Å². The number of aromatic amines is 1. The van der Waals surface area contributed by atoms with Gasteiger partial charge >= 0.3 is 5.97 Å². The van der Waals surface area contributed by atoms with E-state index < -0.39 is 5.97 Å². The molecule has 1 aliphatic heterocycles. The maximum absolute atomic E-state index is 12.5. The number of carboxylic acids is 1. The number of benzene rings is 1. The van der Waals surface area contributed by atoms with Crippen LogP contribution in [0.15, 0.2) is 30.3 Å². The number of hydrogen-bond donors (Lipinski definition) is 2. The highest BCUT2D eigenvalue weighted by molar-refractivity contribution is 6.35. The molecule has 2 N–H and O–H groups in total. The van der Waals surface area contributed by atoms with Crippen LogP contribution in [0, 0.1) is 6.92 Å². The van der Waals surface area contributed by atoms with E-state index in [1.165, 1.54) is 0 Å². The predicted molar refractivity (Wildman–Crippen MR) is 89.2 cm³/mol. The first-order valence-corrected chi connectivity index (χ1v) is 7.47. The highest BCUT2D eigenvalue weighted by Gasteiger charge is 2.29. The van der Waals surface area contributed by atoms with Gasteiger partial charge in [0.15, 0.2) is 0 Å². The molecule has 2 aromatic rings. The third-order valence-corrected chi connectivity index (χ3v) is 4.06. The quantitative estimate of drug-likeness (QED) is 0.853. The minimum atomic E-state index is -0.829. The molecular weight excluding hydrogens is 292 g/mol. The number of anilines is 1. The summed E-state index contributed by atoms with van der Waals surface area (Å²) in [6, 6.07) is 9.59. The van der Waals surface area contributed by atoms with Gasteiger partial charge in [0.1, 0.15) is 0 Å². The Hall–Kier alpha value is -2.82. The first-order valence-electron chi connectivity index (χ1n) is 7.47. The number of nitrogens with zero attached hydrogens (tertiary/aromatic N) is 1. The Morgan fingerprint density at radius 2 is 2.09 bits per heavy atom. The Kier molecular flexibility index (Phi) is 3.78. The average Bonchev–Trinajstić information content (AvgIpc) is 2.99. The number of carbonyl (C=O) groups is 2. The first kappa shape index (κ1) is 15.1. The van der Waals surface area contributed by atoms with Gasteiger partial charge in [-0.1, -0.05) is 18.2 Å². The third kappa shape index (κ3) is 2.77. The monoisotopic (exact) mass is 310 g/mol. The molecule has 0 unspecified atom stereocenters. The molecule has 5 nitrogen and oxygen atoms in total. The number of likely N-dealkylation sites (N-methyl/N-ethyl adjacent to an activating group) is 1. The third-order valence-electron chi connectivity index (χ3n) is 4.06. The van der Waals surface area contributed by atoms with Crippen LogP contribution in [-0.2, 0) is 16.0 Å². The lowest BCUT2D eigenvalue weighted by Crippen LogP contribution is -2.20. The van der Waals surface area contributed by atoms with Gasteiger partial charge in [-0.2, -0.15) is 0 Å². The topological polar surface area (TPSA) is 73.4 Å². The maximum Gasteiger partial charge on any atom is 0.303 e. The number of H-pyrrole nitrogens is 1. The fraction of sp³-hybridized carbons (Fsp3) is 0.222. The van der Waals surface area contributed by atoms with Crippen LogP contribution in [-0.4, -0.2) is 29.0 Å². The zero-order valence-electron chi connectivity index (χ0n) is 13.1. The van der Waals surface area contributed by atoms with Crippen LogP contribution in [0.4, 0.5) is 5.69 Å². The van der Waals surface area contributed by atoms with Gasteiger partial charge < -0.3 is 15.0 Å². The van der Waals surface area contributed by atoms with E-state index in [4.69, 9.17) is 5.11 Å². The van der Waals surface area contributed by atoms with E-state index >= 15 is 0 Å². The lowest BCUT2D eigenvalue weighted by molar-refractivity contribution is -0.137. The number of rotatable bonds is 4. The van der Waals surface area contributed by atoms with E-state index in [0.29, 0.717) is 12.0 Å². The molecule has 1 aliphatic rings. The van der Waals surface area contributed by atoms with Crippen LogP contribution >= 0.6 is 0 Å². The summed E-state index contributed by atoms with van der Waals surface area (Å²) in [5.74, 6) is -0.882. The lowest BCUT2D eigenvalue weighted by Gasteiger charge is -2.07. The second-order valence-electron chi connectivity index (χ2n) is 5.72. The summed E-state index contributed by atoms with van der Waals surface area (Å²) in [4.78, 5) is 28.2. The van der Waals surface area contributed by atoms with Crippen molar-refractivity contribution in [2.75, 3.05) is 11.9 Å². The van der Waals surface area contributed by atoms with E-state index in [-0.39, 0.29) is 12.3 Å². The highest BCUT2D eigenvalue weighted by Crippen LogP contribution is 2.36. The Morgan fingerprint density at radius 3 is 2.83 bits per heavy atom. The summed E-state index contributed by atoms with van der Waals surface area (Å²) in [6.07, 6.45) is 2.33. The molecule has 118 valence electrons. The van der Waals surface area contributed by atoms with Gasteiger partial charge in [0.05, 0.1) is 11.3 Å². The fourth-order valence-electron chi connectivity index (χ4n) is 2.93. The molecule has 0 aliphatic carbocycles. The summed E-state index contributed by atoms with van der Waals surface area (Å²) < 4.78 is 0. The van der Waals surface area contributed by atoms with Crippen molar-refractivity contribution in [3.63, 3.8) is 0 Å². The number of para-hydroxylation sites is 1. The molecule has 0 atom stereocenters. The SMILES string of the molecule is Cc1cc(CCC(=O)O)c(/C=C2\C(=O)N(C)c3ccccc32)[nH]1. The van der Waals surface area contributed by atoms with Gasteiger partial charge in [-0.15, -0.1) is 0 Å². The number of aromatic nitrogens is 1.